The summed E-state index contributed by atoms with van der Waals surface area (Å²) in [4.78, 5) is 23.1. The third-order valence-corrected chi connectivity index (χ3v) is 3.38. The maximum absolute atomic E-state index is 11.7. The van der Waals surface area contributed by atoms with Crippen LogP contribution in [0, 0.1) is 5.92 Å². The zero-order valence-electron chi connectivity index (χ0n) is 10.5. The molecule has 2 aliphatic rings. The van der Waals surface area contributed by atoms with Gasteiger partial charge in [0.05, 0.1) is 31.6 Å². The summed E-state index contributed by atoms with van der Waals surface area (Å²) in [6.07, 6.45) is 5.76. The van der Waals surface area contributed by atoms with E-state index in [2.05, 4.69) is 4.74 Å². The van der Waals surface area contributed by atoms with Gasteiger partial charge in [-0.3, -0.25) is 0 Å². The second-order valence-corrected chi connectivity index (χ2v) is 4.40. The molecule has 1 unspecified atom stereocenters. The van der Waals surface area contributed by atoms with Crippen molar-refractivity contribution in [1.82, 2.24) is 0 Å². The van der Waals surface area contributed by atoms with E-state index in [9.17, 15) is 9.59 Å². The predicted molar refractivity (Wildman–Crippen MR) is 62.4 cm³/mol. The van der Waals surface area contributed by atoms with Crippen LogP contribution in [0.1, 0.15) is 19.3 Å². The molecule has 1 heterocycles. The molecular formula is C13H16O5. The van der Waals surface area contributed by atoms with Gasteiger partial charge in [-0.15, -0.1) is 0 Å². The van der Waals surface area contributed by atoms with Crippen LogP contribution in [0.2, 0.25) is 0 Å². The van der Waals surface area contributed by atoms with E-state index < -0.39 is 11.9 Å². The summed E-state index contributed by atoms with van der Waals surface area (Å²) in [6.45, 7) is 0. The highest BCUT2D eigenvalue weighted by Crippen LogP contribution is 2.37. The largest absolute Gasteiger partial charge is 0.492 e. The quantitative estimate of drug-likeness (QED) is 0.709. The van der Waals surface area contributed by atoms with Crippen LogP contribution in [0.3, 0.4) is 0 Å². The van der Waals surface area contributed by atoms with Crippen molar-refractivity contribution in [1.29, 1.82) is 0 Å². The third kappa shape index (κ3) is 2.25. The Balaban J connectivity index is 2.22. The standard InChI is InChI=1S/C13H16O5/c1-16-12(14)9-6-10(13(15)17-2)11(18-7-9)8-4-3-5-8/h6-8,11H,3-5H2,1-2H3. The molecule has 0 radical (unpaired) electrons. The second-order valence-electron chi connectivity index (χ2n) is 4.40. The van der Waals surface area contributed by atoms with E-state index in [1.807, 2.05) is 0 Å². The number of carbonyl (C=O) groups is 2. The number of ether oxygens (including phenoxy) is 3. The van der Waals surface area contributed by atoms with Gasteiger partial charge in [-0.2, -0.15) is 0 Å². The van der Waals surface area contributed by atoms with Gasteiger partial charge in [-0.05, 0) is 18.9 Å². The van der Waals surface area contributed by atoms with Gasteiger partial charge in [0.25, 0.3) is 0 Å². The molecule has 0 aromatic rings. The Hall–Kier alpha value is -1.78. The molecule has 0 saturated heterocycles. The zero-order chi connectivity index (χ0) is 13.1. The van der Waals surface area contributed by atoms with Crippen LogP contribution in [0.5, 0.6) is 0 Å². The van der Waals surface area contributed by atoms with Crippen LogP contribution in [0.25, 0.3) is 0 Å². The SMILES string of the molecule is COC(=O)C1=COC(C2CCC2)C(C(=O)OC)=C1. The normalized spacial score (nSPS) is 23.1. The van der Waals surface area contributed by atoms with Crippen molar-refractivity contribution in [3.63, 3.8) is 0 Å². The minimum atomic E-state index is -0.525. The molecule has 1 saturated carbocycles. The zero-order valence-corrected chi connectivity index (χ0v) is 10.5. The molecule has 1 aliphatic heterocycles. The molecule has 2 rings (SSSR count). The van der Waals surface area contributed by atoms with Crippen LogP contribution in [0.4, 0.5) is 0 Å². The summed E-state index contributed by atoms with van der Waals surface area (Å²) in [5.41, 5.74) is 0.624. The lowest BCUT2D eigenvalue weighted by atomic mass is 9.77. The second kappa shape index (κ2) is 5.25. The van der Waals surface area contributed by atoms with Crippen LogP contribution >= 0.6 is 0 Å². The average molecular weight is 252 g/mol. The molecule has 1 aliphatic carbocycles. The minimum absolute atomic E-state index is 0.230. The van der Waals surface area contributed by atoms with E-state index in [4.69, 9.17) is 9.47 Å². The maximum Gasteiger partial charge on any atom is 0.341 e. The topological polar surface area (TPSA) is 61.8 Å². The Morgan fingerprint density at radius 3 is 2.39 bits per heavy atom. The van der Waals surface area contributed by atoms with Gasteiger partial charge in [0, 0.05) is 5.92 Å². The Labute approximate surface area is 105 Å². The first-order valence-electron chi connectivity index (χ1n) is 5.91. The Morgan fingerprint density at radius 1 is 1.22 bits per heavy atom. The molecule has 0 aromatic carbocycles. The summed E-state index contributed by atoms with van der Waals surface area (Å²) in [5, 5.41) is 0. The number of esters is 2. The predicted octanol–water partition coefficient (Wildman–Crippen LogP) is 1.34. The molecule has 5 heteroatoms. The molecule has 18 heavy (non-hydrogen) atoms. The van der Waals surface area contributed by atoms with Gasteiger partial charge < -0.3 is 14.2 Å². The van der Waals surface area contributed by atoms with Crippen molar-refractivity contribution in [3.8, 4) is 0 Å². The number of methoxy groups -OCH3 is 2. The van der Waals surface area contributed by atoms with Crippen LogP contribution in [-0.4, -0.2) is 32.3 Å². The molecule has 1 atom stereocenters. The third-order valence-electron chi connectivity index (χ3n) is 3.38. The Kier molecular flexibility index (Phi) is 3.69. The fraction of sp³-hybridized carbons (Fsp3) is 0.538. The van der Waals surface area contributed by atoms with Crippen molar-refractivity contribution in [2.75, 3.05) is 14.2 Å². The highest BCUT2D eigenvalue weighted by atomic mass is 16.5. The fourth-order valence-corrected chi connectivity index (χ4v) is 2.13. The van der Waals surface area contributed by atoms with Crippen LogP contribution in [0.15, 0.2) is 23.5 Å². The molecule has 0 aromatic heterocycles. The highest BCUT2D eigenvalue weighted by Gasteiger charge is 2.37. The van der Waals surface area contributed by atoms with Gasteiger partial charge in [-0.1, -0.05) is 6.42 Å². The van der Waals surface area contributed by atoms with E-state index >= 15 is 0 Å². The molecule has 0 N–H and O–H groups in total. The van der Waals surface area contributed by atoms with Gasteiger partial charge in [0.1, 0.15) is 6.10 Å². The van der Waals surface area contributed by atoms with E-state index in [-0.39, 0.29) is 11.7 Å². The van der Waals surface area contributed by atoms with Crippen molar-refractivity contribution in [2.24, 2.45) is 5.92 Å². The van der Waals surface area contributed by atoms with Gasteiger partial charge >= 0.3 is 11.9 Å². The smallest absolute Gasteiger partial charge is 0.341 e. The molecule has 98 valence electrons. The summed E-state index contributed by atoms with van der Waals surface area (Å²) < 4.78 is 14.9. The summed E-state index contributed by atoms with van der Waals surface area (Å²) in [6, 6.07) is 0. The molecule has 0 amide bonds. The summed E-state index contributed by atoms with van der Waals surface area (Å²) in [5.74, 6) is -0.657. The molecule has 0 spiro atoms. The first-order valence-corrected chi connectivity index (χ1v) is 5.91. The molecule has 5 nitrogen and oxygen atoms in total. The first-order chi connectivity index (χ1) is 8.67. The molecule has 0 bridgehead atoms. The fourth-order valence-electron chi connectivity index (χ4n) is 2.13. The molecule has 1 fully saturated rings. The Morgan fingerprint density at radius 2 is 1.89 bits per heavy atom. The number of carbonyl (C=O) groups excluding carboxylic acids is 2. The van der Waals surface area contributed by atoms with Gasteiger partial charge in [-0.25, -0.2) is 9.59 Å². The molecular weight excluding hydrogens is 236 g/mol. The van der Waals surface area contributed by atoms with E-state index in [0.717, 1.165) is 19.3 Å². The summed E-state index contributed by atoms with van der Waals surface area (Å²) >= 11 is 0. The van der Waals surface area contributed by atoms with E-state index in [1.54, 1.807) is 0 Å². The van der Waals surface area contributed by atoms with Crippen molar-refractivity contribution in [2.45, 2.75) is 25.4 Å². The number of hydrogen-bond acceptors (Lipinski definition) is 5. The van der Waals surface area contributed by atoms with Crippen molar-refractivity contribution < 1.29 is 23.8 Å². The summed E-state index contributed by atoms with van der Waals surface area (Å²) in [7, 11) is 2.60. The van der Waals surface area contributed by atoms with E-state index in [1.165, 1.54) is 26.6 Å². The lowest BCUT2D eigenvalue weighted by molar-refractivity contribution is -0.138. The van der Waals surface area contributed by atoms with Gasteiger partial charge in [0.2, 0.25) is 0 Å². The Bertz CT molecular complexity index is 417. The monoisotopic (exact) mass is 252 g/mol. The lowest BCUT2D eigenvalue weighted by Crippen LogP contribution is -2.35. The first kappa shape index (κ1) is 12.7. The van der Waals surface area contributed by atoms with Crippen LogP contribution < -0.4 is 0 Å². The number of hydrogen-bond donors (Lipinski definition) is 0. The lowest BCUT2D eigenvalue weighted by Gasteiger charge is -2.35. The maximum atomic E-state index is 11.7. The minimum Gasteiger partial charge on any atom is -0.492 e. The van der Waals surface area contributed by atoms with Crippen molar-refractivity contribution in [3.05, 3.63) is 23.5 Å². The van der Waals surface area contributed by atoms with E-state index in [0.29, 0.717) is 11.5 Å². The van der Waals surface area contributed by atoms with Gasteiger partial charge in [0.15, 0.2) is 0 Å². The van der Waals surface area contributed by atoms with Crippen molar-refractivity contribution >= 4 is 11.9 Å². The highest BCUT2D eigenvalue weighted by molar-refractivity contribution is 5.97. The number of rotatable bonds is 3. The average Bonchev–Trinajstić information content (AvgIpc) is 2.35. The van der Waals surface area contributed by atoms with Crippen LogP contribution in [-0.2, 0) is 23.8 Å².